The maximum atomic E-state index is 14.1. The molecule has 0 radical (unpaired) electrons. The zero-order chi connectivity index (χ0) is 25.3. The van der Waals surface area contributed by atoms with Gasteiger partial charge in [-0.3, -0.25) is 19.7 Å². The van der Waals surface area contributed by atoms with Crippen LogP contribution in [0.4, 0.5) is 4.39 Å². The smallest absolute Gasteiger partial charge is 0.328 e. The lowest BCUT2D eigenvalue weighted by Gasteiger charge is -2.32. The second kappa shape index (κ2) is 12.3. The number of esters is 1. The molecule has 2 amide bonds. The van der Waals surface area contributed by atoms with Crippen molar-refractivity contribution in [2.45, 2.75) is 59.5 Å². The summed E-state index contributed by atoms with van der Waals surface area (Å²) in [7, 11) is 1.15. The van der Waals surface area contributed by atoms with Gasteiger partial charge in [-0.2, -0.15) is 0 Å². The van der Waals surface area contributed by atoms with Gasteiger partial charge in [-0.15, -0.1) is 0 Å². The number of ether oxygens (including phenoxy) is 1. The number of carbonyl (C=O) groups is 3. The first-order chi connectivity index (χ1) is 15.3. The molecule has 33 heavy (non-hydrogen) atoms. The molecule has 0 bridgehead atoms. The lowest BCUT2D eigenvalue weighted by molar-refractivity contribution is -0.486. The van der Waals surface area contributed by atoms with E-state index in [0.717, 1.165) is 7.11 Å². The number of rotatable bonds is 11. The summed E-state index contributed by atoms with van der Waals surface area (Å²) in [6.07, 6.45) is 0.135. The SMILES string of the molecule is COC(=O)[C@H](Cc1ccccc1F)NC(=O)[C@@H](NC(=O)[C@H](CC(C)C)C[N+](=O)[O-])C(C)(C)C. The number of nitrogens with zero attached hydrogens (tertiary/aromatic N) is 1. The van der Waals surface area contributed by atoms with Crippen molar-refractivity contribution in [1.29, 1.82) is 0 Å². The minimum atomic E-state index is -1.19. The summed E-state index contributed by atoms with van der Waals surface area (Å²) in [6.45, 7) is 8.28. The van der Waals surface area contributed by atoms with E-state index in [9.17, 15) is 28.9 Å². The van der Waals surface area contributed by atoms with E-state index in [1.54, 1.807) is 26.8 Å². The molecule has 9 nitrogen and oxygen atoms in total. The van der Waals surface area contributed by atoms with Crippen LogP contribution in [0, 0.1) is 33.2 Å². The average molecular weight is 468 g/mol. The van der Waals surface area contributed by atoms with Crippen LogP contribution in [0.25, 0.3) is 0 Å². The highest BCUT2D eigenvalue weighted by molar-refractivity contribution is 5.92. The van der Waals surface area contributed by atoms with Crippen LogP contribution < -0.4 is 10.6 Å². The van der Waals surface area contributed by atoms with Crippen molar-refractivity contribution < 1.29 is 28.4 Å². The maximum absolute atomic E-state index is 14.1. The van der Waals surface area contributed by atoms with E-state index in [-0.39, 0.29) is 24.3 Å². The van der Waals surface area contributed by atoms with Crippen molar-refractivity contribution in [2.75, 3.05) is 13.7 Å². The Balaban J connectivity index is 3.10. The summed E-state index contributed by atoms with van der Waals surface area (Å²) in [6, 6.07) is 3.57. The minimum absolute atomic E-state index is 0.0343. The third-order valence-electron chi connectivity index (χ3n) is 5.10. The van der Waals surface area contributed by atoms with Gasteiger partial charge in [0.15, 0.2) is 0 Å². The number of carbonyl (C=O) groups excluding carboxylic acids is 3. The molecule has 0 heterocycles. The second-order valence-corrected chi connectivity index (χ2v) is 9.53. The van der Waals surface area contributed by atoms with Gasteiger partial charge in [0.05, 0.1) is 7.11 Å². The Morgan fingerprint density at radius 3 is 2.21 bits per heavy atom. The number of benzene rings is 1. The number of amides is 2. The van der Waals surface area contributed by atoms with Gasteiger partial charge < -0.3 is 15.4 Å². The van der Waals surface area contributed by atoms with Crippen molar-refractivity contribution in [3.8, 4) is 0 Å². The molecule has 0 aliphatic rings. The Hall–Kier alpha value is -3.04. The van der Waals surface area contributed by atoms with Crippen LogP contribution in [0.5, 0.6) is 0 Å². The van der Waals surface area contributed by atoms with E-state index in [1.807, 2.05) is 13.8 Å². The molecule has 0 saturated carbocycles. The van der Waals surface area contributed by atoms with E-state index >= 15 is 0 Å². The van der Waals surface area contributed by atoms with Crippen LogP contribution in [-0.2, 0) is 25.5 Å². The maximum Gasteiger partial charge on any atom is 0.328 e. The first kappa shape index (κ1) is 28.0. The molecule has 1 aromatic rings. The lowest BCUT2D eigenvalue weighted by Crippen LogP contribution is -2.58. The first-order valence-corrected chi connectivity index (χ1v) is 10.8. The minimum Gasteiger partial charge on any atom is -0.467 e. The summed E-state index contributed by atoms with van der Waals surface area (Å²) < 4.78 is 18.9. The van der Waals surface area contributed by atoms with Gasteiger partial charge in [0.2, 0.25) is 18.4 Å². The summed E-state index contributed by atoms with van der Waals surface area (Å²) >= 11 is 0. The van der Waals surface area contributed by atoms with Gasteiger partial charge in [-0.25, -0.2) is 9.18 Å². The van der Waals surface area contributed by atoms with Crippen LogP contribution in [0.3, 0.4) is 0 Å². The Morgan fingerprint density at radius 2 is 1.73 bits per heavy atom. The molecule has 0 unspecified atom stereocenters. The molecule has 1 aromatic carbocycles. The third-order valence-corrected chi connectivity index (χ3v) is 5.10. The highest BCUT2D eigenvalue weighted by Gasteiger charge is 2.37. The van der Waals surface area contributed by atoms with E-state index in [2.05, 4.69) is 10.6 Å². The monoisotopic (exact) mass is 467 g/mol. The number of hydrogen-bond donors (Lipinski definition) is 2. The molecule has 10 heteroatoms. The van der Waals surface area contributed by atoms with E-state index in [1.165, 1.54) is 18.2 Å². The quantitative estimate of drug-likeness (QED) is 0.292. The van der Waals surface area contributed by atoms with Gasteiger partial charge in [0, 0.05) is 11.3 Å². The number of nitrogens with one attached hydrogen (secondary N) is 2. The summed E-state index contributed by atoms with van der Waals surface area (Å²) in [4.78, 5) is 48.8. The zero-order valence-corrected chi connectivity index (χ0v) is 20.0. The zero-order valence-electron chi connectivity index (χ0n) is 20.0. The van der Waals surface area contributed by atoms with Crippen molar-refractivity contribution in [1.82, 2.24) is 10.6 Å². The summed E-state index contributed by atoms with van der Waals surface area (Å²) in [5.41, 5.74) is -0.567. The molecule has 0 aliphatic heterocycles. The fraction of sp³-hybridized carbons (Fsp3) is 0.609. The number of halogens is 1. The van der Waals surface area contributed by atoms with Gasteiger partial charge in [0.1, 0.15) is 23.8 Å². The fourth-order valence-corrected chi connectivity index (χ4v) is 3.42. The molecule has 0 saturated heterocycles. The standard InChI is InChI=1S/C23H34FN3O6/c1-14(2)11-16(13-27(31)32)20(28)26-19(23(3,4)5)21(29)25-18(22(30)33-6)12-15-9-7-8-10-17(15)24/h7-10,14,16,18-19H,11-13H2,1-6H3,(H,25,29)(H,26,28)/t16-,18+,19-/m1/s1. The van der Waals surface area contributed by atoms with Crippen molar-refractivity contribution in [3.05, 3.63) is 45.8 Å². The number of nitro groups is 1. The Kier molecular flexibility index (Phi) is 10.4. The van der Waals surface area contributed by atoms with Gasteiger partial charge in [0.25, 0.3) is 0 Å². The van der Waals surface area contributed by atoms with E-state index in [0.29, 0.717) is 0 Å². The Morgan fingerprint density at radius 1 is 1.12 bits per heavy atom. The van der Waals surface area contributed by atoms with Crippen LogP contribution in [0.2, 0.25) is 0 Å². The molecule has 0 fully saturated rings. The molecule has 2 N–H and O–H groups in total. The molecule has 0 spiro atoms. The van der Waals surface area contributed by atoms with Crippen LogP contribution >= 0.6 is 0 Å². The van der Waals surface area contributed by atoms with Gasteiger partial charge >= 0.3 is 5.97 Å². The largest absolute Gasteiger partial charge is 0.467 e. The van der Waals surface area contributed by atoms with Gasteiger partial charge in [-0.1, -0.05) is 52.8 Å². The third kappa shape index (κ3) is 9.15. The normalized spacial score (nSPS) is 14.2. The Labute approximate surface area is 193 Å². The van der Waals surface area contributed by atoms with Crippen molar-refractivity contribution in [3.63, 3.8) is 0 Å². The topological polar surface area (TPSA) is 128 Å². The van der Waals surface area contributed by atoms with Crippen molar-refractivity contribution in [2.24, 2.45) is 17.3 Å². The Bertz CT molecular complexity index is 853. The fourth-order valence-electron chi connectivity index (χ4n) is 3.42. The highest BCUT2D eigenvalue weighted by atomic mass is 19.1. The predicted molar refractivity (Wildman–Crippen MR) is 120 cm³/mol. The molecule has 184 valence electrons. The first-order valence-electron chi connectivity index (χ1n) is 10.8. The van der Waals surface area contributed by atoms with Gasteiger partial charge in [-0.05, 0) is 29.4 Å². The average Bonchev–Trinajstić information content (AvgIpc) is 2.70. The molecule has 0 aliphatic carbocycles. The van der Waals surface area contributed by atoms with E-state index < -0.39 is 58.5 Å². The van der Waals surface area contributed by atoms with Crippen LogP contribution in [0.1, 0.15) is 46.6 Å². The number of hydrogen-bond acceptors (Lipinski definition) is 6. The van der Waals surface area contributed by atoms with Crippen LogP contribution in [-0.4, -0.2) is 48.4 Å². The predicted octanol–water partition coefficient (Wildman–Crippen LogP) is 2.50. The molecule has 1 rings (SSSR count). The lowest BCUT2D eigenvalue weighted by atomic mass is 9.85. The molecular formula is C23H34FN3O6. The van der Waals surface area contributed by atoms with E-state index in [4.69, 9.17) is 4.74 Å². The second-order valence-electron chi connectivity index (χ2n) is 9.53. The molecule has 0 aromatic heterocycles. The summed E-state index contributed by atoms with van der Waals surface area (Å²) in [5, 5.41) is 16.2. The van der Waals surface area contributed by atoms with Crippen LogP contribution in [0.15, 0.2) is 24.3 Å². The van der Waals surface area contributed by atoms with Crippen molar-refractivity contribution >= 4 is 17.8 Å². The molecular weight excluding hydrogens is 433 g/mol. The highest BCUT2D eigenvalue weighted by Crippen LogP contribution is 2.22. The molecule has 3 atom stereocenters. The summed E-state index contributed by atoms with van der Waals surface area (Å²) in [5.74, 6) is -3.46. The number of methoxy groups -OCH3 is 1.